The molecule has 1 aliphatic carbocycles. The third kappa shape index (κ3) is 3.62. The lowest BCUT2D eigenvalue weighted by molar-refractivity contribution is 0.299. The van der Waals surface area contributed by atoms with Crippen LogP contribution < -0.4 is 5.32 Å². The molecule has 0 aromatic carbocycles. The van der Waals surface area contributed by atoms with E-state index in [1.165, 1.54) is 44.3 Å². The fourth-order valence-electron chi connectivity index (χ4n) is 3.90. The maximum atomic E-state index is 4.85. The molecule has 0 spiro atoms. The van der Waals surface area contributed by atoms with Gasteiger partial charge in [0.05, 0.1) is 6.20 Å². The molecule has 5 heteroatoms. The van der Waals surface area contributed by atoms with Gasteiger partial charge in [0, 0.05) is 39.4 Å². The van der Waals surface area contributed by atoms with Crippen molar-refractivity contribution >= 4 is 5.96 Å². The van der Waals surface area contributed by atoms with Crippen molar-refractivity contribution in [3.05, 3.63) is 18.0 Å². The molecule has 1 N–H and O–H groups in total. The highest BCUT2D eigenvalue weighted by Crippen LogP contribution is 2.35. The van der Waals surface area contributed by atoms with E-state index in [-0.39, 0.29) is 0 Å². The van der Waals surface area contributed by atoms with Crippen molar-refractivity contribution in [1.82, 2.24) is 20.0 Å². The monoisotopic (exact) mass is 303 g/mol. The van der Waals surface area contributed by atoms with E-state index in [2.05, 4.69) is 28.4 Å². The first-order valence-corrected chi connectivity index (χ1v) is 8.77. The number of likely N-dealkylation sites (tertiary alicyclic amines) is 1. The summed E-state index contributed by atoms with van der Waals surface area (Å²) >= 11 is 0. The summed E-state index contributed by atoms with van der Waals surface area (Å²) in [4.78, 5) is 7.35. The minimum Gasteiger partial charge on any atom is -0.357 e. The molecule has 2 aliphatic rings. The normalized spacial score (nSPS) is 25.4. The molecule has 0 radical (unpaired) electrons. The number of aromatic nitrogens is 2. The van der Waals surface area contributed by atoms with Crippen LogP contribution in [0, 0.1) is 11.8 Å². The van der Waals surface area contributed by atoms with E-state index >= 15 is 0 Å². The van der Waals surface area contributed by atoms with E-state index in [0.717, 1.165) is 37.3 Å². The van der Waals surface area contributed by atoms with E-state index in [1.807, 2.05) is 17.9 Å². The zero-order valence-electron chi connectivity index (χ0n) is 14.0. The molecule has 1 saturated heterocycles. The van der Waals surface area contributed by atoms with Gasteiger partial charge in [-0.15, -0.1) is 0 Å². The maximum Gasteiger partial charge on any atom is 0.193 e. The first kappa shape index (κ1) is 15.4. The number of aliphatic imine (C=N–C) groups is 1. The van der Waals surface area contributed by atoms with Gasteiger partial charge in [0.15, 0.2) is 5.96 Å². The van der Waals surface area contributed by atoms with Gasteiger partial charge in [-0.05, 0) is 43.6 Å². The number of fused-ring (bicyclic) bond motifs is 1. The van der Waals surface area contributed by atoms with Crippen molar-refractivity contribution in [1.29, 1.82) is 0 Å². The average molecular weight is 303 g/mol. The van der Waals surface area contributed by atoms with Crippen molar-refractivity contribution in [3.8, 4) is 0 Å². The van der Waals surface area contributed by atoms with E-state index in [0.29, 0.717) is 0 Å². The molecule has 1 saturated carbocycles. The molecule has 2 atom stereocenters. The molecule has 122 valence electrons. The van der Waals surface area contributed by atoms with Crippen molar-refractivity contribution in [2.75, 3.05) is 26.2 Å². The highest BCUT2D eigenvalue weighted by atomic mass is 15.3. The summed E-state index contributed by atoms with van der Waals surface area (Å²) in [5, 5.41) is 7.70. The van der Waals surface area contributed by atoms with Crippen molar-refractivity contribution < 1.29 is 0 Å². The Balaban J connectivity index is 1.58. The summed E-state index contributed by atoms with van der Waals surface area (Å²) in [6.07, 6.45) is 10.6. The van der Waals surface area contributed by atoms with E-state index in [4.69, 9.17) is 4.99 Å². The summed E-state index contributed by atoms with van der Waals surface area (Å²) in [6, 6.07) is 0. The van der Waals surface area contributed by atoms with Crippen LogP contribution in [-0.2, 0) is 13.5 Å². The molecule has 0 bridgehead atoms. The van der Waals surface area contributed by atoms with Crippen LogP contribution in [0.1, 0.15) is 38.2 Å². The highest BCUT2D eigenvalue weighted by molar-refractivity contribution is 5.80. The van der Waals surface area contributed by atoms with Crippen molar-refractivity contribution in [2.24, 2.45) is 23.9 Å². The Hall–Kier alpha value is -1.52. The molecule has 2 unspecified atom stereocenters. The number of hydrogen-bond acceptors (Lipinski definition) is 2. The first-order chi connectivity index (χ1) is 10.8. The second-order valence-corrected chi connectivity index (χ2v) is 6.72. The molecule has 2 heterocycles. The lowest BCUT2D eigenvalue weighted by atomic mass is 9.82. The maximum absolute atomic E-state index is 4.85. The molecule has 5 nitrogen and oxygen atoms in total. The van der Waals surface area contributed by atoms with Crippen LogP contribution in [0.15, 0.2) is 17.4 Å². The second-order valence-electron chi connectivity index (χ2n) is 6.72. The van der Waals surface area contributed by atoms with Gasteiger partial charge in [-0.2, -0.15) is 5.10 Å². The fraction of sp³-hybridized carbons (Fsp3) is 0.765. The van der Waals surface area contributed by atoms with E-state index in [9.17, 15) is 0 Å². The smallest absolute Gasteiger partial charge is 0.193 e. The molecular weight excluding hydrogens is 274 g/mol. The third-order valence-corrected chi connectivity index (χ3v) is 5.03. The minimum atomic E-state index is 0.833. The number of aryl methyl sites for hydroxylation is 1. The molecular formula is C17H29N5. The topological polar surface area (TPSA) is 45.5 Å². The Kier molecular flexibility index (Phi) is 5.01. The Morgan fingerprint density at radius 2 is 2.05 bits per heavy atom. The van der Waals surface area contributed by atoms with Crippen LogP contribution in [-0.4, -0.2) is 46.8 Å². The molecule has 1 aromatic rings. The van der Waals surface area contributed by atoms with Gasteiger partial charge in [-0.3, -0.25) is 9.67 Å². The van der Waals surface area contributed by atoms with Gasteiger partial charge in [-0.25, -0.2) is 0 Å². The predicted molar refractivity (Wildman–Crippen MR) is 89.9 cm³/mol. The van der Waals surface area contributed by atoms with Crippen LogP contribution in [0.2, 0.25) is 0 Å². The standard InChI is InChI=1S/C17H29N5/c1-3-18-17(19-9-8-14-10-20-21(2)11-14)22-12-15-6-4-5-7-16(15)13-22/h10-11,15-16H,3-9,12-13H2,1-2H3,(H,18,19). The summed E-state index contributed by atoms with van der Waals surface area (Å²) in [5.74, 6) is 2.91. The molecule has 0 amide bonds. The van der Waals surface area contributed by atoms with Gasteiger partial charge in [0.1, 0.15) is 0 Å². The van der Waals surface area contributed by atoms with Gasteiger partial charge in [-0.1, -0.05) is 12.8 Å². The van der Waals surface area contributed by atoms with Crippen molar-refractivity contribution in [2.45, 2.75) is 39.0 Å². The van der Waals surface area contributed by atoms with Gasteiger partial charge < -0.3 is 10.2 Å². The lowest BCUT2D eigenvalue weighted by Crippen LogP contribution is -2.40. The van der Waals surface area contributed by atoms with Gasteiger partial charge in [0.2, 0.25) is 0 Å². The van der Waals surface area contributed by atoms with Gasteiger partial charge in [0.25, 0.3) is 0 Å². The van der Waals surface area contributed by atoms with Crippen molar-refractivity contribution in [3.63, 3.8) is 0 Å². The summed E-state index contributed by atoms with van der Waals surface area (Å²) < 4.78 is 1.86. The Labute approximate surface area is 133 Å². The summed E-state index contributed by atoms with van der Waals surface area (Å²) in [7, 11) is 1.96. The fourth-order valence-corrected chi connectivity index (χ4v) is 3.90. The Bertz CT molecular complexity index is 493. The zero-order valence-corrected chi connectivity index (χ0v) is 14.0. The zero-order chi connectivity index (χ0) is 15.4. The minimum absolute atomic E-state index is 0.833. The number of hydrogen-bond donors (Lipinski definition) is 1. The van der Waals surface area contributed by atoms with Gasteiger partial charge >= 0.3 is 0 Å². The molecule has 2 fully saturated rings. The summed E-state index contributed by atoms with van der Waals surface area (Å²) in [5.41, 5.74) is 1.26. The summed E-state index contributed by atoms with van der Waals surface area (Å²) in [6.45, 7) is 6.32. The highest BCUT2D eigenvalue weighted by Gasteiger charge is 2.35. The first-order valence-electron chi connectivity index (χ1n) is 8.77. The number of nitrogens with zero attached hydrogens (tertiary/aromatic N) is 4. The Morgan fingerprint density at radius 1 is 1.32 bits per heavy atom. The molecule has 3 rings (SSSR count). The lowest BCUT2D eigenvalue weighted by Gasteiger charge is -2.22. The number of guanidine groups is 1. The number of nitrogens with one attached hydrogen (secondary N) is 1. The third-order valence-electron chi connectivity index (χ3n) is 5.03. The Morgan fingerprint density at radius 3 is 2.64 bits per heavy atom. The number of rotatable bonds is 4. The molecule has 1 aliphatic heterocycles. The second kappa shape index (κ2) is 7.16. The van der Waals surface area contributed by atoms with Crippen LogP contribution in [0.5, 0.6) is 0 Å². The van der Waals surface area contributed by atoms with Crippen LogP contribution >= 0.6 is 0 Å². The van der Waals surface area contributed by atoms with Crippen LogP contribution in [0.25, 0.3) is 0 Å². The quantitative estimate of drug-likeness (QED) is 0.684. The largest absolute Gasteiger partial charge is 0.357 e. The van der Waals surface area contributed by atoms with Crippen LogP contribution in [0.3, 0.4) is 0 Å². The van der Waals surface area contributed by atoms with E-state index < -0.39 is 0 Å². The molecule has 22 heavy (non-hydrogen) atoms. The van der Waals surface area contributed by atoms with Crippen LogP contribution in [0.4, 0.5) is 0 Å². The SMILES string of the molecule is CCNC(=NCCc1cnn(C)c1)N1CC2CCCCC2C1. The molecule has 1 aromatic heterocycles. The predicted octanol–water partition coefficient (Wildman–Crippen LogP) is 2.05. The average Bonchev–Trinajstić information content (AvgIpc) is 3.12. The van der Waals surface area contributed by atoms with E-state index in [1.54, 1.807) is 0 Å².